The summed E-state index contributed by atoms with van der Waals surface area (Å²) in [7, 11) is 0. The van der Waals surface area contributed by atoms with Gasteiger partial charge in [-0.05, 0) is 42.0 Å². The number of thiol groups is 1. The van der Waals surface area contributed by atoms with Crippen LogP contribution in [0.5, 0.6) is 0 Å². The molecule has 0 aliphatic rings. The van der Waals surface area contributed by atoms with Crippen LogP contribution < -0.4 is 5.32 Å². The highest BCUT2D eigenvalue weighted by Gasteiger charge is 2.18. The third kappa shape index (κ3) is 3.24. The Morgan fingerprint density at radius 1 is 1.13 bits per heavy atom. The Balaban J connectivity index is 2.13. The molecular weight excluding hydrogens is 315 g/mol. The first kappa shape index (κ1) is 15.2. The summed E-state index contributed by atoms with van der Waals surface area (Å²) in [5.74, 6) is -0.133. The van der Waals surface area contributed by atoms with Crippen LogP contribution in [-0.2, 0) is 4.79 Å². The standard InChI is InChI=1S/C16H13FN4OS/c17-12-3-1-11(2-4-12)15-14(10-5-7-18-8-6-10)16(21-20-15)19-13(22)9-23/h1-8,23H,9H2,(H2,19,20,21,22). The van der Waals surface area contributed by atoms with Crippen molar-refractivity contribution in [2.45, 2.75) is 0 Å². The van der Waals surface area contributed by atoms with Gasteiger partial charge in [-0.25, -0.2) is 4.39 Å². The second-order valence-electron chi connectivity index (χ2n) is 4.77. The van der Waals surface area contributed by atoms with Crippen LogP contribution in [0, 0.1) is 5.82 Å². The van der Waals surface area contributed by atoms with Gasteiger partial charge in [-0.2, -0.15) is 17.7 Å². The number of hydrogen-bond acceptors (Lipinski definition) is 4. The molecule has 3 rings (SSSR count). The van der Waals surface area contributed by atoms with Crippen LogP contribution in [0.1, 0.15) is 0 Å². The predicted molar refractivity (Wildman–Crippen MR) is 89.7 cm³/mol. The average Bonchev–Trinajstić information content (AvgIpc) is 2.99. The van der Waals surface area contributed by atoms with Crippen LogP contribution in [0.15, 0.2) is 48.8 Å². The van der Waals surface area contributed by atoms with Crippen molar-refractivity contribution in [3.05, 3.63) is 54.6 Å². The summed E-state index contributed by atoms with van der Waals surface area (Å²) in [6, 6.07) is 9.68. The Labute approximate surface area is 137 Å². The number of aromatic amines is 1. The number of aromatic nitrogens is 3. The van der Waals surface area contributed by atoms with Gasteiger partial charge >= 0.3 is 0 Å². The molecule has 0 unspecified atom stereocenters. The Morgan fingerprint density at radius 3 is 2.48 bits per heavy atom. The third-order valence-corrected chi connectivity index (χ3v) is 3.56. The van der Waals surface area contributed by atoms with Gasteiger partial charge in [-0.1, -0.05) is 0 Å². The topological polar surface area (TPSA) is 70.7 Å². The van der Waals surface area contributed by atoms with Crippen molar-refractivity contribution < 1.29 is 9.18 Å². The van der Waals surface area contributed by atoms with Crippen molar-refractivity contribution in [1.82, 2.24) is 15.2 Å². The van der Waals surface area contributed by atoms with E-state index >= 15 is 0 Å². The Hall–Kier alpha value is -2.67. The first-order chi connectivity index (χ1) is 11.2. The SMILES string of the molecule is O=C(CS)Nc1n[nH]c(-c2ccc(F)cc2)c1-c1ccncc1. The molecule has 0 spiro atoms. The van der Waals surface area contributed by atoms with E-state index in [0.717, 1.165) is 11.1 Å². The molecule has 7 heteroatoms. The monoisotopic (exact) mass is 328 g/mol. The lowest BCUT2D eigenvalue weighted by Crippen LogP contribution is -2.13. The van der Waals surface area contributed by atoms with E-state index in [0.29, 0.717) is 17.1 Å². The summed E-state index contributed by atoms with van der Waals surface area (Å²) in [5.41, 5.74) is 3.00. The summed E-state index contributed by atoms with van der Waals surface area (Å²) in [6.45, 7) is 0. The molecule has 5 nitrogen and oxygen atoms in total. The number of nitrogens with one attached hydrogen (secondary N) is 2. The normalized spacial score (nSPS) is 10.5. The van der Waals surface area contributed by atoms with Crippen LogP contribution in [0.4, 0.5) is 10.2 Å². The molecule has 0 aliphatic carbocycles. The molecule has 2 N–H and O–H groups in total. The van der Waals surface area contributed by atoms with E-state index in [-0.39, 0.29) is 17.5 Å². The lowest BCUT2D eigenvalue weighted by Gasteiger charge is -2.07. The van der Waals surface area contributed by atoms with Gasteiger partial charge in [0, 0.05) is 18.0 Å². The first-order valence-electron chi connectivity index (χ1n) is 6.84. The number of nitrogens with zero attached hydrogens (tertiary/aromatic N) is 2. The second kappa shape index (κ2) is 6.62. The van der Waals surface area contributed by atoms with Gasteiger partial charge in [0.05, 0.1) is 17.0 Å². The van der Waals surface area contributed by atoms with E-state index in [1.165, 1.54) is 12.1 Å². The number of carbonyl (C=O) groups is 1. The number of anilines is 1. The fourth-order valence-corrected chi connectivity index (χ4v) is 2.31. The number of halogens is 1. The van der Waals surface area contributed by atoms with Crippen molar-refractivity contribution in [3.8, 4) is 22.4 Å². The molecule has 0 atom stereocenters. The van der Waals surface area contributed by atoms with Gasteiger partial charge < -0.3 is 5.32 Å². The molecule has 116 valence electrons. The number of H-pyrrole nitrogens is 1. The average molecular weight is 328 g/mol. The molecule has 2 aromatic heterocycles. The number of carbonyl (C=O) groups excluding carboxylic acids is 1. The molecule has 0 fully saturated rings. The fraction of sp³-hybridized carbons (Fsp3) is 0.0625. The van der Waals surface area contributed by atoms with Crippen LogP contribution >= 0.6 is 12.6 Å². The lowest BCUT2D eigenvalue weighted by molar-refractivity contribution is -0.113. The smallest absolute Gasteiger partial charge is 0.235 e. The zero-order chi connectivity index (χ0) is 16.2. The van der Waals surface area contributed by atoms with E-state index in [1.54, 1.807) is 24.5 Å². The minimum absolute atomic E-state index is 0.0501. The van der Waals surface area contributed by atoms with Gasteiger partial charge in [0.15, 0.2) is 5.82 Å². The highest BCUT2D eigenvalue weighted by atomic mass is 32.1. The minimum atomic E-state index is -0.317. The number of amides is 1. The van der Waals surface area contributed by atoms with Crippen LogP contribution in [0.25, 0.3) is 22.4 Å². The summed E-state index contributed by atoms with van der Waals surface area (Å²) in [5, 5.41) is 9.79. The van der Waals surface area contributed by atoms with Crippen LogP contribution in [0.3, 0.4) is 0 Å². The molecular formula is C16H13FN4OS. The van der Waals surface area contributed by atoms with Crippen LogP contribution in [0.2, 0.25) is 0 Å². The molecule has 0 saturated carbocycles. The molecule has 0 radical (unpaired) electrons. The van der Waals surface area contributed by atoms with E-state index < -0.39 is 0 Å². The van der Waals surface area contributed by atoms with Gasteiger partial charge in [-0.3, -0.25) is 14.9 Å². The maximum atomic E-state index is 13.1. The Bertz CT molecular complexity index is 818. The Kier molecular flexibility index (Phi) is 4.38. The zero-order valence-corrected chi connectivity index (χ0v) is 12.8. The third-order valence-electron chi connectivity index (χ3n) is 3.27. The predicted octanol–water partition coefficient (Wildman–Crippen LogP) is 3.15. The molecule has 1 aromatic carbocycles. The molecule has 0 saturated heterocycles. The molecule has 0 aliphatic heterocycles. The lowest BCUT2D eigenvalue weighted by atomic mass is 10.0. The fourth-order valence-electron chi connectivity index (χ4n) is 2.23. The highest BCUT2D eigenvalue weighted by Crippen LogP contribution is 2.35. The first-order valence-corrected chi connectivity index (χ1v) is 7.47. The van der Waals surface area contributed by atoms with E-state index in [1.807, 2.05) is 12.1 Å². The zero-order valence-electron chi connectivity index (χ0n) is 12.0. The minimum Gasteiger partial charge on any atom is -0.308 e. The van der Waals surface area contributed by atoms with Crippen LogP contribution in [-0.4, -0.2) is 26.8 Å². The number of hydrogen-bond donors (Lipinski definition) is 3. The van der Waals surface area contributed by atoms with Crippen molar-refractivity contribution in [2.75, 3.05) is 11.1 Å². The number of pyridine rings is 1. The van der Waals surface area contributed by atoms with Gasteiger partial charge in [0.1, 0.15) is 5.82 Å². The maximum absolute atomic E-state index is 13.1. The molecule has 1 amide bonds. The second-order valence-corrected chi connectivity index (χ2v) is 5.09. The summed E-state index contributed by atoms with van der Waals surface area (Å²) in [4.78, 5) is 15.6. The summed E-state index contributed by atoms with van der Waals surface area (Å²) < 4.78 is 13.1. The van der Waals surface area contributed by atoms with Gasteiger partial charge in [0.25, 0.3) is 0 Å². The van der Waals surface area contributed by atoms with E-state index in [9.17, 15) is 9.18 Å². The molecule has 0 bridgehead atoms. The highest BCUT2D eigenvalue weighted by molar-refractivity contribution is 7.81. The molecule has 23 heavy (non-hydrogen) atoms. The van der Waals surface area contributed by atoms with Crippen molar-refractivity contribution in [3.63, 3.8) is 0 Å². The van der Waals surface area contributed by atoms with E-state index in [4.69, 9.17) is 0 Å². The Morgan fingerprint density at radius 2 is 1.83 bits per heavy atom. The molecule has 2 heterocycles. The maximum Gasteiger partial charge on any atom is 0.235 e. The van der Waals surface area contributed by atoms with Crippen molar-refractivity contribution >= 4 is 24.4 Å². The van der Waals surface area contributed by atoms with Gasteiger partial charge in [-0.15, -0.1) is 0 Å². The number of rotatable bonds is 4. The van der Waals surface area contributed by atoms with Crippen molar-refractivity contribution in [2.24, 2.45) is 0 Å². The largest absolute Gasteiger partial charge is 0.308 e. The van der Waals surface area contributed by atoms with Gasteiger partial charge in [0.2, 0.25) is 5.91 Å². The van der Waals surface area contributed by atoms with Crippen molar-refractivity contribution in [1.29, 1.82) is 0 Å². The quantitative estimate of drug-likeness (QED) is 0.644. The van der Waals surface area contributed by atoms with E-state index in [2.05, 4.69) is 33.1 Å². The number of benzene rings is 1. The summed E-state index contributed by atoms with van der Waals surface area (Å²) >= 11 is 3.95. The molecule has 3 aromatic rings. The summed E-state index contributed by atoms with van der Waals surface area (Å²) in [6.07, 6.45) is 3.31.